The topological polar surface area (TPSA) is 74.8 Å². The van der Waals surface area contributed by atoms with Crippen molar-refractivity contribution in [3.05, 3.63) is 51.6 Å². The second kappa shape index (κ2) is 9.34. The molecule has 28 heavy (non-hydrogen) atoms. The zero-order valence-corrected chi connectivity index (χ0v) is 17.4. The largest absolute Gasteiger partial charge is 0.355 e. The summed E-state index contributed by atoms with van der Waals surface area (Å²) in [6, 6.07) is 6.05. The van der Waals surface area contributed by atoms with Crippen LogP contribution in [-0.2, 0) is 10.5 Å². The van der Waals surface area contributed by atoms with Gasteiger partial charge in [0.1, 0.15) is 16.5 Å². The summed E-state index contributed by atoms with van der Waals surface area (Å²) in [7, 11) is 0. The highest BCUT2D eigenvalue weighted by Gasteiger charge is 2.13. The first kappa shape index (κ1) is 20.5. The van der Waals surface area contributed by atoms with Crippen LogP contribution in [0.5, 0.6) is 0 Å². The van der Waals surface area contributed by atoms with Crippen LogP contribution in [0.25, 0.3) is 21.3 Å². The number of H-pyrrole nitrogens is 1. The number of benzene rings is 1. The van der Waals surface area contributed by atoms with E-state index in [1.54, 1.807) is 12.1 Å². The van der Waals surface area contributed by atoms with Crippen LogP contribution in [0.2, 0.25) is 0 Å². The van der Waals surface area contributed by atoms with Gasteiger partial charge in [0.2, 0.25) is 5.91 Å². The van der Waals surface area contributed by atoms with Gasteiger partial charge in [-0.05, 0) is 30.0 Å². The van der Waals surface area contributed by atoms with E-state index in [1.807, 2.05) is 5.38 Å². The molecule has 0 unspecified atom stereocenters. The fourth-order valence-electron chi connectivity index (χ4n) is 2.70. The molecule has 3 aromatic rings. The maximum Gasteiger partial charge on any atom is 0.260 e. The second-order valence-electron chi connectivity index (χ2n) is 6.87. The Morgan fingerprint density at radius 2 is 2.07 bits per heavy atom. The molecular formula is C20H22FN3O2S2. The first-order valence-electron chi connectivity index (χ1n) is 9.05. The molecule has 2 aromatic heterocycles. The van der Waals surface area contributed by atoms with Gasteiger partial charge in [-0.3, -0.25) is 9.59 Å². The molecule has 5 nitrogen and oxygen atoms in total. The van der Waals surface area contributed by atoms with Crippen LogP contribution < -0.4 is 10.9 Å². The predicted molar refractivity (Wildman–Crippen MR) is 114 cm³/mol. The van der Waals surface area contributed by atoms with Gasteiger partial charge in [-0.2, -0.15) is 0 Å². The molecule has 0 saturated heterocycles. The molecule has 0 radical (unpaired) electrons. The third-order valence-corrected chi connectivity index (χ3v) is 5.98. The Morgan fingerprint density at radius 1 is 1.32 bits per heavy atom. The third-order valence-electron chi connectivity index (χ3n) is 4.16. The zero-order chi connectivity index (χ0) is 20.1. The summed E-state index contributed by atoms with van der Waals surface area (Å²) < 4.78 is 13.1. The molecule has 1 aromatic carbocycles. The summed E-state index contributed by atoms with van der Waals surface area (Å²) in [4.78, 5) is 32.4. The molecule has 8 heteroatoms. The lowest BCUT2D eigenvalue weighted by Crippen LogP contribution is -2.27. The van der Waals surface area contributed by atoms with Crippen molar-refractivity contribution in [2.75, 3.05) is 12.3 Å². The molecule has 1 amide bonds. The minimum absolute atomic E-state index is 0.0104. The lowest BCUT2D eigenvalue weighted by atomic mass is 10.1. The highest BCUT2D eigenvalue weighted by molar-refractivity contribution is 7.99. The maximum atomic E-state index is 13.1. The number of nitrogens with zero attached hydrogens (tertiary/aromatic N) is 1. The fourth-order valence-corrected chi connectivity index (χ4v) is 4.38. The molecule has 0 spiro atoms. The van der Waals surface area contributed by atoms with E-state index in [0.717, 1.165) is 17.5 Å². The van der Waals surface area contributed by atoms with Gasteiger partial charge in [-0.25, -0.2) is 9.37 Å². The van der Waals surface area contributed by atoms with Crippen LogP contribution in [0.3, 0.4) is 0 Å². The van der Waals surface area contributed by atoms with E-state index < -0.39 is 0 Å². The van der Waals surface area contributed by atoms with Crippen molar-refractivity contribution in [1.29, 1.82) is 0 Å². The molecule has 2 N–H and O–H groups in total. The Balaban J connectivity index is 1.65. The Bertz CT molecular complexity index is 1010. The van der Waals surface area contributed by atoms with Crippen molar-refractivity contribution in [3.63, 3.8) is 0 Å². The van der Waals surface area contributed by atoms with Crippen LogP contribution in [0.4, 0.5) is 4.39 Å². The number of thioether (sulfide) groups is 1. The van der Waals surface area contributed by atoms with Crippen LogP contribution in [0.1, 0.15) is 26.1 Å². The van der Waals surface area contributed by atoms with E-state index in [-0.39, 0.29) is 17.3 Å². The molecule has 0 atom stereocenters. The number of rotatable bonds is 8. The number of carbonyl (C=O) groups excluding carboxylic acids is 1. The molecular weight excluding hydrogens is 397 g/mol. The van der Waals surface area contributed by atoms with Gasteiger partial charge in [0, 0.05) is 17.5 Å². The van der Waals surface area contributed by atoms with Gasteiger partial charge in [-0.1, -0.05) is 26.0 Å². The van der Waals surface area contributed by atoms with E-state index in [0.29, 0.717) is 40.0 Å². The Kier molecular flexibility index (Phi) is 6.85. The molecule has 0 saturated carbocycles. The number of hydrogen-bond donors (Lipinski definition) is 2. The van der Waals surface area contributed by atoms with Gasteiger partial charge in [0.15, 0.2) is 0 Å². The van der Waals surface area contributed by atoms with E-state index in [4.69, 9.17) is 0 Å². The lowest BCUT2D eigenvalue weighted by molar-refractivity contribution is -0.118. The van der Waals surface area contributed by atoms with Gasteiger partial charge in [-0.15, -0.1) is 23.1 Å². The van der Waals surface area contributed by atoms with Gasteiger partial charge in [0.25, 0.3) is 5.56 Å². The molecule has 0 bridgehead atoms. The van der Waals surface area contributed by atoms with Gasteiger partial charge < -0.3 is 10.3 Å². The first-order chi connectivity index (χ1) is 13.4. The van der Waals surface area contributed by atoms with Crippen molar-refractivity contribution in [1.82, 2.24) is 15.3 Å². The summed E-state index contributed by atoms with van der Waals surface area (Å²) in [6.07, 6.45) is 0.955. The van der Waals surface area contributed by atoms with Crippen LogP contribution >= 0.6 is 23.1 Å². The van der Waals surface area contributed by atoms with E-state index in [1.165, 1.54) is 35.2 Å². The van der Waals surface area contributed by atoms with Crippen molar-refractivity contribution in [2.24, 2.45) is 5.92 Å². The summed E-state index contributed by atoms with van der Waals surface area (Å²) in [6.45, 7) is 4.91. The second-order valence-corrected chi connectivity index (χ2v) is 8.72. The lowest BCUT2D eigenvalue weighted by Gasteiger charge is -2.07. The molecule has 0 aliphatic rings. The summed E-state index contributed by atoms with van der Waals surface area (Å²) in [5, 5.41) is 5.26. The minimum Gasteiger partial charge on any atom is -0.355 e. The quantitative estimate of drug-likeness (QED) is 0.574. The van der Waals surface area contributed by atoms with Crippen molar-refractivity contribution >= 4 is 39.2 Å². The Hall–Kier alpha value is -2.19. The highest BCUT2D eigenvalue weighted by atomic mass is 32.2. The number of amides is 1. The van der Waals surface area contributed by atoms with Crippen molar-refractivity contribution in [3.8, 4) is 11.1 Å². The van der Waals surface area contributed by atoms with Crippen molar-refractivity contribution in [2.45, 2.75) is 26.0 Å². The van der Waals surface area contributed by atoms with Crippen LogP contribution in [-0.4, -0.2) is 28.2 Å². The van der Waals surface area contributed by atoms with Gasteiger partial charge >= 0.3 is 0 Å². The van der Waals surface area contributed by atoms with Crippen molar-refractivity contribution < 1.29 is 9.18 Å². The predicted octanol–water partition coefficient (Wildman–Crippen LogP) is 4.19. The SMILES string of the molecule is CC(C)CCNC(=O)CSCc1nc2scc(-c3ccc(F)cc3)c2c(=O)[nH]1. The molecule has 0 aliphatic heterocycles. The fraction of sp³-hybridized carbons (Fsp3) is 0.350. The summed E-state index contributed by atoms with van der Waals surface area (Å²) >= 11 is 2.80. The number of aromatic amines is 1. The normalized spacial score (nSPS) is 11.3. The van der Waals surface area contributed by atoms with E-state index in [2.05, 4.69) is 29.1 Å². The zero-order valence-electron chi connectivity index (χ0n) is 15.8. The first-order valence-corrected chi connectivity index (χ1v) is 11.1. The minimum atomic E-state index is -0.317. The highest BCUT2D eigenvalue weighted by Crippen LogP contribution is 2.30. The number of halogens is 1. The van der Waals surface area contributed by atoms with Gasteiger partial charge in [0.05, 0.1) is 16.9 Å². The molecule has 2 heterocycles. The number of hydrogen-bond acceptors (Lipinski definition) is 5. The third kappa shape index (κ3) is 5.20. The number of nitrogens with one attached hydrogen (secondary N) is 2. The average molecular weight is 420 g/mol. The molecule has 148 valence electrons. The van der Waals surface area contributed by atoms with E-state index in [9.17, 15) is 14.0 Å². The number of carbonyl (C=O) groups is 1. The number of aromatic nitrogens is 2. The number of fused-ring (bicyclic) bond motifs is 1. The Labute approximate surface area is 170 Å². The van der Waals surface area contributed by atoms with Crippen LogP contribution in [0.15, 0.2) is 34.4 Å². The maximum absolute atomic E-state index is 13.1. The standard InChI is InChI=1S/C20H22FN3O2S2/c1-12(2)7-8-22-17(25)11-27-10-16-23-19(26)18-15(9-28-20(18)24-16)13-3-5-14(21)6-4-13/h3-6,9,12H,7-8,10-11H2,1-2H3,(H,22,25)(H,23,24,26). The Morgan fingerprint density at radius 3 is 2.79 bits per heavy atom. The van der Waals surface area contributed by atoms with E-state index >= 15 is 0 Å². The summed E-state index contributed by atoms with van der Waals surface area (Å²) in [5.74, 6) is 1.55. The molecule has 0 fully saturated rings. The average Bonchev–Trinajstić information content (AvgIpc) is 3.06. The monoisotopic (exact) mass is 419 g/mol. The smallest absolute Gasteiger partial charge is 0.260 e. The molecule has 3 rings (SSSR count). The summed E-state index contributed by atoms with van der Waals surface area (Å²) in [5.41, 5.74) is 1.31. The van der Waals surface area contributed by atoms with Crippen LogP contribution in [0, 0.1) is 11.7 Å². The molecule has 0 aliphatic carbocycles. The number of thiophene rings is 1.